The van der Waals surface area contributed by atoms with Gasteiger partial charge in [0.2, 0.25) is 11.8 Å². The molecule has 0 spiro atoms. The largest absolute Gasteiger partial charge is 0.303 e. The van der Waals surface area contributed by atoms with Crippen LogP contribution in [0.1, 0.15) is 45.4 Å². The summed E-state index contributed by atoms with van der Waals surface area (Å²) in [5.41, 5.74) is 0. The Balaban J connectivity index is 1.97. The fourth-order valence-electron chi connectivity index (χ4n) is 2.99. The van der Waals surface area contributed by atoms with Crippen molar-refractivity contribution in [3.63, 3.8) is 0 Å². The summed E-state index contributed by atoms with van der Waals surface area (Å²) < 4.78 is 0. The van der Waals surface area contributed by atoms with E-state index in [9.17, 15) is 9.59 Å². The zero-order valence-electron chi connectivity index (χ0n) is 11.0. The Kier molecular flexibility index (Phi) is 4.17. The molecule has 2 unspecified atom stereocenters. The molecule has 1 saturated carbocycles. The number of hydrogen-bond acceptors (Lipinski definition) is 3. The lowest BCUT2D eigenvalue weighted by Crippen LogP contribution is -2.45. The molecule has 2 rings (SSSR count). The second-order valence-electron chi connectivity index (χ2n) is 5.39. The number of nitrogens with one attached hydrogen (secondary N) is 1. The van der Waals surface area contributed by atoms with Crippen molar-refractivity contribution in [1.82, 2.24) is 10.2 Å². The molecule has 100 valence electrons. The van der Waals surface area contributed by atoms with Gasteiger partial charge in [-0.2, -0.15) is 0 Å². The number of imide groups is 1. The van der Waals surface area contributed by atoms with Crippen molar-refractivity contribution in [2.75, 3.05) is 0 Å². The number of amides is 2. The molecule has 2 atom stereocenters. The van der Waals surface area contributed by atoms with Gasteiger partial charge in [-0.3, -0.25) is 14.5 Å². The van der Waals surface area contributed by atoms with Gasteiger partial charge >= 0.3 is 0 Å². The Morgan fingerprint density at radius 1 is 1.44 bits per heavy atom. The van der Waals surface area contributed by atoms with Crippen LogP contribution in [0.15, 0.2) is 12.7 Å². The molecular formula is C14H22N2O2. The monoisotopic (exact) mass is 250 g/mol. The highest BCUT2D eigenvalue weighted by atomic mass is 16.2. The number of carbonyl (C=O) groups is 2. The van der Waals surface area contributed by atoms with Crippen molar-refractivity contribution in [3.8, 4) is 0 Å². The minimum absolute atomic E-state index is 0.00444. The standard InChI is InChI=1S/C14H22N2O2/c1-3-6-10(2)15-12-9-13(17)16(14(12)18)11-7-4-5-8-11/h3,10-12,15H,1,4-9H2,2H3. The molecule has 1 aliphatic heterocycles. The van der Waals surface area contributed by atoms with Crippen molar-refractivity contribution >= 4 is 11.8 Å². The van der Waals surface area contributed by atoms with Crippen LogP contribution in [0.3, 0.4) is 0 Å². The highest BCUT2D eigenvalue weighted by molar-refractivity contribution is 6.05. The van der Waals surface area contributed by atoms with Crippen LogP contribution >= 0.6 is 0 Å². The molecule has 18 heavy (non-hydrogen) atoms. The minimum atomic E-state index is -0.326. The van der Waals surface area contributed by atoms with E-state index in [1.54, 1.807) is 0 Å². The second-order valence-corrected chi connectivity index (χ2v) is 5.39. The summed E-state index contributed by atoms with van der Waals surface area (Å²) in [4.78, 5) is 25.7. The van der Waals surface area contributed by atoms with E-state index >= 15 is 0 Å². The van der Waals surface area contributed by atoms with Gasteiger partial charge in [0.05, 0.1) is 12.5 Å². The summed E-state index contributed by atoms with van der Waals surface area (Å²) in [7, 11) is 0. The maximum atomic E-state index is 12.3. The Hall–Kier alpha value is -1.16. The van der Waals surface area contributed by atoms with Crippen LogP contribution in [-0.4, -0.2) is 34.8 Å². The molecule has 2 fully saturated rings. The highest BCUT2D eigenvalue weighted by Crippen LogP contribution is 2.28. The minimum Gasteiger partial charge on any atom is -0.303 e. The van der Waals surface area contributed by atoms with Crippen LogP contribution in [0.5, 0.6) is 0 Å². The second kappa shape index (κ2) is 5.65. The normalized spacial score (nSPS) is 26.9. The molecule has 4 nitrogen and oxygen atoms in total. The van der Waals surface area contributed by atoms with E-state index < -0.39 is 0 Å². The zero-order valence-corrected chi connectivity index (χ0v) is 11.0. The van der Waals surface area contributed by atoms with Gasteiger partial charge in [-0.25, -0.2) is 0 Å². The van der Waals surface area contributed by atoms with Crippen molar-refractivity contribution in [2.45, 2.75) is 63.6 Å². The zero-order chi connectivity index (χ0) is 13.1. The predicted octanol–water partition coefficient (Wildman–Crippen LogP) is 1.61. The predicted molar refractivity (Wildman–Crippen MR) is 69.9 cm³/mol. The average Bonchev–Trinajstić information content (AvgIpc) is 2.89. The molecule has 1 saturated heterocycles. The molecule has 0 radical (unpaired) electrons. The summed E-state index contributed by atoms with van der Waals surface area (Å²) >= 11 is 0. The molecule has 1 aliphatic carbocycles. The summed E-state index contributed by atoms with van der Waals surface area (Å²) in [5, 5.41) is 3.23. The molecule has 2 amide bonds. The van der Waals surface area contributed by atoms with Gasteiger partial charge in [-0.1, -0.05) is 18.9 Å². The van der Waals surface area contributed by atoms with E-state index in [1.807, 2.05) is 13.0 Å². The van der Waals surface area contributed by atoms with Gasteiger partial charge in [-0.05, 0) is 26.2 Å². The number of nitrogens with zero attached hydrogens (tertiary/aromatic N) is 1. The van der Waals surface area contributed by atoms with Crippen molar-refractivity contribution < 1.29 is 9.59 Å². The topological polar surface area (TPSA) is 49.4 Å². The van der Waals surface area contributed by atoms with Gasteiger partial charge < -0.3 is 5.32 Å². The van der Waals surface area contributed by atoms with E-state index in [2.05, 4.69) is 11.9 Å². The molecule has 4 heteroatoms. The number of hydrogen-bond donors (Lipinski definition) is 1. The average molecular weight is 250 g/mol. The van der Waals surface area contributed by atoms with Crippen molar-refractivity contribution in [1.29, 1.82) is 0 Å². The van der Waals surface area contributed by atoms with E-state index in [1.165, 1.54) is 4.90 Å². The number of rotatable bonds is 5. The SMILES string of the molecule is C=CCC(C)NC1CC(=O)N(C2CCCC2)C1=O. The van der Waals surface area contributed by atoms with Gasteiger partial charge in [-0.15, -0.1) is 6.58 Å². The molecule has 1 N–H and O–H groups in total. The van der Waals surface area contributed by atoms with Crippen LogP contribution in [-0.2, 0) is 9.59 Å². The maximum Gasteiger partial charge on any atom is 0.247 e. The van der Waals surface area contributed by atoms with Crippen molar-refractivity contribution in [3.05, 3.63) is 12.7 Å². The van der Waals surface area contributed by atoms with Crippen molar-refractivity contribution in [2.24, 2.45) is 0 Å². The molecule has 0 bridgehead atoms. The first-order valence-electron chi connectivity index (χ1n) is 6.86. The Labute approximate surface area is 108 Å². The Morgan fingerprint density at radius 3 is 2.72 bits per heavy atom. The maximum absolute atomic E-state index is 12.3. The molecule has 1 heterocycles. The first kappa shape index (κ1) is 13.3. The van der Waals surface area contributed by atoms with Crippen LogP contribution < -0.4 is 5.32 Å². The van der Waals surface area contributed by atoms with Gasteiger partial charge in [0.1, 0.15) is 0 Å². The van der Waals surface area contributed by atoms with Crippen LogP contribution in [0.2, 0.25) is 0 Å². The Bertz CT molecular complexity index is 348. The van der Waals surface area contributed by atoms with Gasteiger partial charge in [0.25, 0.3) is 0 Å². The van der Waals surface area contributed by atoms with Gasteiger partial charge in [0, 0.05) is 12.1 Å². The summed E-state index contributed by atoms with van der Waals surface area (Å²) in [5.74, 6) is -0.0296. The van der Waals surface area contributed by atoms with E-state index in [0.29, 0.717) is 6.42 Å². The summed E-state index contributed by atoms with van der Waals surface area (Å²) in [6.45, 7) is 5.70. The lowest BCUT2D eigenvalue weighted by atomic mass is 10.1. The molecule has 0 aromatic carbocycles. The van der Waals surface area contributed by atoms with Crippen LogP contribution in [0.4, 0.5) is 0 Å². The number of carbonyl (C=O) groups excluding carboxylic acids is 2. The molecule has 0 aromatic rings. The van der Waals surface area contributed by atoms with Crippen LogP contribution in [0, 0.1) is 0 Å². The third-order valence-electron chi connectivity index (χ3n) is 3.88. The summed E-state index contributed by atoms with van der Waals surface area (Å²) in [6, 6.07) is 0.0207. The first-order valence-corrected chi connectivity index (χ1v) is 6.86. The Morgan fingerprint density at radius 2 is 2.11 bits per heavy atom. The smallest absolute Gasteiger partial charge is 0.247 e. The quantitative estimate of drug-likeness (QED) is 0.596. The third kappa shape index (κ3) is 2.64. The summed E-state index contributed by atoms with van der Waals surface area (Å²) in [6.07, 6.45) is 7.17. The molecule has 0 aromatic heterocycles. The number of likely N-dealkylation sites (tertiary alicyclic amines) is 1. The lowest BCUT2D eigenvalue weighted by Gasteiger charge is -2.23. The van der Waals surface area contributed by atoms with Gasteiger partial charge in [0.15, 0.2) is 0 Å². The lowest BCUT2D eigenvalue weighted by molar-refractivity contribution is -0.141. The van der Waals surface area contributed by atoms with Crippen LogP contribution in [0.25, 0.3) is 0 Å². The van der Waals surface area contributed by atoms with E-state index in [-0.39, 0.29) is 29.9 Å². The molecular weight excluding hydrogens is 228 g/mol. The third-order valence-corrected chi connectivity index (χ3v) is 3.88. The molecule has 2 aliphatic rings. The fraction of sp³-hybridized carbons (Fsp3) is 0.714. The van der Waals surface area contributed by atoms with E-state index in [0.717, 1.165) is 32.1 Å². The first-order chi connectivity index (χ1) is 8.63. The van der Waals surface area contributed by atoms with E-state index in [4.69, 9.17) is 0 Å². The highest BCUT2D eigenvalue weighted by Gasteiger charge is 2.43. The fourth-order valence-corrected chi connectivity index (χ4v) is 2.99.